The number of benzene rings is 1. The van der Waals surface area contributed by atoms with Crippen molar-refractivity contribution in [3.8, 4) is 0 Å². The summed E-state index contributed by atoms with van der Waals surface area (Å²) in [6.07, 6.45) is 1.78. The first-order valence-electron chi connectivity index (χ1n) is 5.86. The van der Waals surface area contributed by atoms with E-state index in [0.29, 0.717) is 5.82 Å². The summed E-state index contributed by atoms with van der Waals surface area (Å²) in [5.41, 5.74) is 3.98. The largest absolute Gasteiger partial charge is 0.349 e. The van der Waals surface area contributed by atoms with Gasteiger partial charge in [-0.1, -0.05) is 18.2 Å². The van der Waals surface area contributed by atoms with Crippen molar-refractivity contribution >= 4 is 11.5 Å². The standard InChI is InChI=1S/C14H17N3O/c1-9-6-5-7-10(2)12(9)15-13-11(3)8-17(4)14(18)16-13/h5-8H,1-4H3,(H,15,16,18). The molecule has 0 spiro atoms. The Hall–Kier alpha value is -2.10. The first-order chi connectivity index (χ1) is 8.49. The molecule has 2 aromatic rings. The number of hydrogen-bond acceptors (Lipinski definition) is 3. The number of aromatic nitrogens is 2. The van der Waals surface area contributed by atoms with Crippen LogP contribution in [0, 0.1) is 20.8 Å². The number of para-hydroxylation sites is 1. The highest BCUT2D eigenvalue weighted by Crippen LogP contribution is 2.24. The highest BCUT2D eigenvalue weighted by Gasteiger charge is 2.07. The Morgan fingerprint density at radius 2 is 1.72 bits per heavy atom. The number of nitrogens with zero attached hydrogens (tertiary/aromatic N) is 2. The van der Waals surface area contributed by atoms with Crippen LogP contribution in [0.1, 0.15) is 16.7 Å². The fourth-order valence-corrected chi connectivity index (χ4v) is 1.93. The highest BCUT2D eigenvalue weighted by atomic mass is 16.1. The normalized spacial score (nSPS) is 10.4. The fraction of sp³-hybridized carbons (Fsp3) is 0.286. The van der Waals surface area contributed by atoms with Crippen LogP contribution in [0.15, 0.2) is 29.2 Å². The predicted molar refractivity (Wildman–Crippen MR) is 73.4 cm³/mol. The predicted octanol–water partition coefficient (Wildman–Crippen LogP) is 2.45. The molecule has 0 fully saturated rings. The van der Waals surface area contributed by atoms with Crippen molar-refractivity contribution in [2.75, 3.05) is 5.32 Å². The molecule has 0 atom stereocenters. The Kier molecular flexibility index (Phi) is 3.19. The number of nitrogens with one attached hydrogen (secondary N) is 1. The van der Waals surface area contributed by atoms with Crippen molar-refractivity contribution < 1.29 is 0 Å². The van der Waals surface area contributed by atoms with Gasteiger partial charge in [-0.15, -0.1) is 0 Å². The van der Waals surface area contributed by atoms with Crippen LogP contribution in [0.2, 0.25) is 0 Å². The van der Waals surface area contributed by atoms with Crippen molar-refractivity contribution in [3.05, 3.63) is 51.6 Å². The van der Waals surface area contributed by atoms with E-state index >= 15 is 0 Å². The van der Waals surface area contributed by atoms with Crippen molar-refractivity contribution in [2.45, 2.75) is 20.8 Å². The van der Waals surface area contributed by atoms with Gasteiger partial charge in [0.1, 0.15) is 5.82 Å². The molecule has 1 aromatic heterocycles. The van der Waals surface area contributed by atoms with Crippen LogP contribution in [0.3, 0.4) is 0 Å². The Bertz CT molecular complexity index is 624. The summed E-state index contributed by atoms with van der Waals surface area (Å²) >= 11 is 0. The van der Waals surface area contributed by atoms with Crippen LogP contribution < -0.4 is 11.0 Å². The van der Waals surface area contributed by atoms with Gasteiger partial charge in [0.15, 0.2) is 0 Å². The molecule has 0 aliphatic carbocycles. The zero-order chi connectivity index (χ0) is 13.3. The van der Waals surface area contributed by atoms with E-state index in [1.807, 2.05) is 39.0 Å². The maximum Gasteiger partial charge on any atom is 0.349 e. The SMILES string of the molecule is Cc1cn(C)c(=O)nc1Nc1c(C)cccc1C. The minimum Gasteiger partial charge on any atom is -0.339 e. The second kappa shape index (κ2) is 4.64. The molecule has 0 bridgehead atoms. The summed E-state index contributed by atoms with van der Waals surface area (Å²) in [4.78, 5) is 15.6. The quantitative estimate of drug-likeness (QED) is 0.881. The van der Waals surface area contributed by atoms with Crippen molar-refractivity contribution in [2.24, 2.45) is 7.05 Å². The van der Waals surface area contributed by atoms with Gasteiger partial charge < -0.3 is 9.88 Å². The monoisotopic (exact) mass is 243 g/mol. The lowest BCUT2D eigenvalue weighted by Gasteiger charge is -2.13. The van der Waals surface area contributed by atoms with E-state index < -0.39 is 0 Å². The molecule has 94 valence electrons. The van der Waals surface area contributed by atoms with Crippen LogP contribution in [-0.2, 0) is 7.05 Å². The maximum absolute atomic E-state index is 11.6. The highest BCUT2D eigenvalue weighted by molar-refractivity contribution is 5.65. The van der Waals surface area contributed by atoms with E-state index in [1.165, 1.54) is 4.57 Å². The van der Waals surface area contributed by atoms with Gasteiger partial charge in [0.2, 0.25) is 0 Å². The second-order valence-electron chi connectivity index (χ2n) is 4.56. The molecule has 0 aliphatic rings. The molecule has 0 radical (unpaired) electrons. The molecule has 0 saturated heterocycles. The third-order valence-corrected chi connectivity index (χ3v) is 2.99. The zero-order valence-corrected chi connectivity index (χ0v) is 11.1. The summed E-state index contributed by atoms with van der Waals surface area (Å²) in [5, 5.41) is 3.25. The first-order valence-corrected chi connectivity index (χ1v) is 5.86. The van der Waals surface area contributed by atoms with E-state index in [9.17, 15) is 4.79 Å². The van der Waals surface area contributed by atoms with Crippen LogP contribution in [-0.4, -0.2) is 9.55 Å². The third-order valence-electron chi connectivity index (χ3n) is 2.99. The average molecular weight is 243 g/mol. The van der Waals surface area contributed by atoms with E-state index in [1.54, 1.807) is 13.2 Å². The lowest BCUT2D eigenvalue weighted by molar-refractivity contribution is 0.804. The number of anilines is 2. The summed E-state index contributed by atoms with van der Waals surface area (Å²) in [7, 11) is 1.70. The van der Waals surface area contributed by atoms with E-state index in [2.05, 4.69) is 10.3 Å². The fourth-order valence-electron chi connectivity index (χ4n) is 1.93. The van der Waals surface area contributed by atoms with Crippen molar-refractivity contribution in [1.82, 2.24) is 9.55 Å². The minimum atomic E-state index is -0.255. The summed E-state index contributed by atoms with van der Waals surface area (Å²) in [6, 6.07) is 6.08. The van der Waals surface area contributed by atoms with Crippen LogP contribution in [0.25, 0.3) is 0 Å². The van der Waals surface area contributed by atoms with Gasteiger partial charge in [-0.3, -0.25) is 0 Å². The molecule has 1 N–H and O–H groups in total. The van der Waals surface area contributed by atoms with Crippen LogP contribution in [0.5, 0.6) is 0 Å². The van der Waals surface area contributed by atoms with E-state index in [0.717, 1.165) is 22.4 Å². The van der Waals surface area contributed by atoms with Gasteiger partial charge in [-0.25, -0.2) is 4.79 Å². The lowest BCUT2D eigenvalue weighted by atomic mass is 10.1. The molecule has 1 heterocycles. The van der Waals surface area contributed by atoms with Crippen molar-refractivity contribution in [3.63, 3.8) is 0 Å². The van der Waals surface area contributed by atoms with Crippen LogP contribution >= 0.6 is 0 Å². The Balaban J connectivity index is 2.47. The molecular formula is C14H17N3O. The van der Waals surface area contributed by atoms with Gasteiger partial charge in [-0.05, 0) is 31.9 Å². The smallest absolute Gasteiger partial charge is 0.339 e. The lowest BCUT2D eigenvalue weighted by Crippen LogP contribution is -2.21. The minimum absolute atomic E-state index is 0.255. The van der Waals surface area contributed by atoms with Gasteiger partial charge in [0.25, 0.3) is 0 Å². The van der Waals surface area contributed by atoms with Gasteiger partial charge >= 0.3 is 5.69 Å². The van der Waals surface area contributed by atoms with Gasteiger partial charge in [0.05, 0.1) is 0 Å². The second-order valence-corrected chi connectivity index (χ2v) is 4.56. The molecule has 18 heavy (non-hydrogen) atoms. The van der Waals surface area contributed by atoms with E-state index in [-0.39, 0.29) is 5.69 Å². The molecule has 0 aliphatic heterocycles. The molecule has 1 aromatic carbocycles. The molecule has 0 amide bonds. The Morgan fingerprint density at radius 1 is 1.11 bits per heavy atom. The molecule has 0 unspecified atom stereocenters. The van der Waals surface area contributed by atoms with Crippen LogP contribution in [0.4, 0.5) is 11.5 Å². The molecule has 0 saturated carbocycles. The van der Waals surface area contributed by atoms with Crippen molar-refractivity contribution in [1.29, 1.82) is 0 Å². The third kappa shape index (κ3) is 2.27. The van der Waals surface area contributed by atoms with Gasteiger partial charge in [-0.2, -0.15) is 4.98 Å². The number of rotatable bonds is 2. The van der Waals surface area contributed by atoms with Gasteiger partial charge in [0, 0.05) is 24.5 Å². The number of hydrogen-bond donors (Lipinski definition) is 1. The summed E-state index contributed by atoms with van der Waals surface area (Å²) < 4.78 is 1.48. The summed E-state index contributed by atoms with van der Waals surface area (Å²) in [6.45, 7) is 6.00. The number of aryl methyl sites for hydroxylation is 4. The molecule has 4 nitrogen and oxygen atoms in total. The summed E-state index contributed by atoms with van der Waals surface area (Å²) in [5.74, 6) is 0.621. The van der Waals surface area contributed by atoms with E-state index in [4.69, 9.17) is 0 Å². The average Bonchev–Trinajstić information content (AvgIpc) is 2.30. The Labute approximate surface area is 106 Å². The Morgan fingerprint density at radius 3 is 2.33 bits per heavy atom. The molecule has 2 rings (SSSR count). The zero-order valence-electron chi connectivity index (χ0n) is 11.1. The first kappa shape index (κ1) is 12.4. The molecule has 4 heteroatoms. The maximum atomic E-state index is 11.6. The molecular weight excluding hydrogens is 226 g/mol. The topological polar surface area (TPSA) is 46.9 Å².